The van der Waals surface area contributed by atoms with Crippen molar-refractivity contribution in [1.29, 1.82) is 0 Å². The lowest BCUT2D eigenvalue weighted by Gasteiger charge is -2.38. The number of unbranched alkanes of at least 4 members (excludes halogenated alkanes) is 4. The summed E-state index contributed by atoms with van der Waals surface area (Å²) in [4.78, 5) is 41.0. The molecule has 1 aromatic carbocycles. The number of thiazole rings is 1. The van der Waals surface area contributed by atoms with Gasteiger partial charge in [0.15, 0.2) is 0 Å². The minimum Gasteiger partial charge on any atom is -0.508 e. The largest absolute Gasteiger partial charge is 0.508 e. The minimum absolute atomic E-state index is 0.0216. The molecule has 0 amide bonds. The van der Waals surface area contributed by atoms with Crippen molar-refractivity contribution in [2.24, 2.45) is 5.92 Å². The van der Waals surface area contributed by atoms with E-state index >= 15 is 0 Å². The van der Waals surface area contributed by atoms with Gasteiger partial charge in [-0.15, -0.1) is 0 Å². The average Bonchev–Trinajstić information content (AvgIpc) is 3.09. The maximum absolute atomic E-state index is 12.9. The van der Waals surface area contributed by atoms with Gasteiger partial charge in [-0.3, -0.25) is 14.4 Å². The third-order valence-electron chi connectivity index (χ3n) is 5.39. The number of hydrogen-bond donors (Lipinski definition) is 2. The lowest BCUT2D eigenvalue weighted by Crippen LogP contribution is -2.44. The summed E-state index contributed by atoms with van der Waals surface area (Å²) < 4.78 is 10.9. The molecule has 0 unspecified atom stereocenters. The minimum atomic E-state index is -0.808. The first kappa shape index (κ1) is 21.0. The zero-order chi connectivity index (χ0) is 21.3. The van der Waals surface area contributed by atoms with Crippen LogP contribution in [0, 0.1) is 5.92 Å². The zero-order valence-electron chi connectivity index (χ0n) is 16.5. The molecule has 2 aromatic rings. The van der Waals surface area contributed by atoms with Gasteiger partial charge in [-0.2, -0.15) is 0 Å². The molecule has 2 aliphatic heterocycles. The van der Waals surface area contributed by atoms with Gasteiger partial charge >= 0.3 is 16.8 Å². The lowest BCUT2D eigenvalue weighted by atomic mass is 9.80. The van der Waals surface area contributed by atoms with Crippen LogP contribution >= 0.6 is 23.1 Å². The van der Waals surface area contributed by atoms with E-state index < -0.39 is 29.0 Å². The van der Waals surface area contributed by atoms with Crippen LogP contribution in [0.15, 0.2) is 28.0 Å². The van der Waals surface area contributed by atoms with Gasteiger partial charge < -0.3 is 19.6 Å². The summed E-state index contributed by atoms with van der Waals surface area (Å²) >= 11 is 2.19. The number of hydrogen-bond acceptors (Lipinski definition) is 8. The molecule has 7 nitrogen and oxygen atoms in total. The van der Waals surface area contributed by atoms with Crippen molar-refractivity contribution in [2.75, 3.05) is 6.61 Å². The molecule has 0 saturated carbocycles. The zero-order valence-corrected chi connectivity index (χ0v) is 18.1. The number of carbonyl (C=O) groups is 2. The number of ether oxygens (including phenoxy) is 2. The fraction of sp³-hybridized carbons (Fsp3) is 0.476. The number of phenolic OH excluding ortho intramolecular Hbond substituents is 1. The van der Waals surface area contributed by atoms with Crippen LogP contribution in [-0.2, 0) is 14.3 Å². The summed E-state index contributed by atoms with van der Waals surface area (Å²) in [6, 6.07) is 4.56. The predicted molar refractivity (Wildman–Crippen MR) is 113 cm³/mol. The van der Waals surface area contributed by atoms with Gasteiger partial charge in [-0.1, -0.05) is 61.8 Å². The van der Waals surface area contributed by atoms with Gasteiger partial charge in [-0.05, 0) is 12.5 Å². The number of aromatic amines is 1. The van der Waals surface area contributed by atoms with Crippen LogP contribution in [-0.4, -0.2) is 33.9 Å². The molecule has 0 radical (unpaired) electrons. The number of nitrogens with one attached hydrogen (secondary N) is 1. The molecule has 0 fully saturated rings. The number of carbonyl (C=O) groups excluding carboxylic acids is 2. The summed E-state index contributed by atoms with van der Waals surface area (Å²) in [5.74, 6) is -2.08. The van der Waals surface area contributed by atoms with E-state index in [9.17, 15) is 19.5 Å². The third kappa shape index (κ3) is 4.00. The van der Waals surface area contributed by atoms with E-state index in [-0.39, 0.29) is 16.4 Å². The van der Waals surface area contributed by atoms with Crippen LogP contribution in [0.2, 0.25) is 0 Å². The van der Waals surface area contributed by atoms with Crippen molar-refractivity contribution in [3.8, 4) is 11.5 Å². The molecule has 0 spiro atoms. The first-order valence-corrected chi connectivity index (χ1v) is 11.8. The van der Waals surface area contributed by atoms with Crippen molar-refractivity contribution in [2.45, 2.75) is 55.2 Å². The molecule has 2 aliphatic rings. The molecular weight excluding hydrogens is 426 g/mol. The summed E-state index contributed by atoms with van der Waals surface area (Å²) in [5.41, 5.74) is 0.673. The van der Waals surface area contributed by atoms with Gasteiger partial charge in [0.2, 0.25) is 0 Å². The highest BCUT2D eigenvalue weighted by Gasteiger charge is 2.52. The molecular formula is C21H23NO6S2. The topological polar surface area (TPSA) is 106 Å². The highest BCUT2D eigenvalue weighted by Crippen LogP contribution is 2.54. The van der Waals surface area contributed by atoms with Crippen molar-refractivity contribution < 1.29 is 24.2 Å². The molecule has 3 heterocycles. The monoisotopic (exact) mass is 449 g/mol. The number of benzene rings is 1. The standard InChI is InChI=1S/C21H23NO6S2/c1-2-3-4-5-6-9-27-20(25)17-15-14(16-18(29-17)22-21(26)30-16)12-8-7-11(23)10-13(12)28-19(15)24/h7-8,10,14-15,17,23H,2-6,9H2,1H3,(H,22,26)/t14-,15+,17-/m0/s1. The Bertz CT molecular complexity index is 1010. The number of phenols is 1. The first-order valence-electron chi connectivity index (χ1n) is 10.1. The number of aromatic hydroxyl groups is 1. The number of thioether (sulfide) groups is 1. The Morgan fingerprint density at radius 3 is 2.83 bits per heavy atom. The number of fused-ring (bicyclic) bond motifs is 5. The number of H-pyrrole nitrogens is 1. The second-order valence-electron chi connectivity index (χ2n) is 7.47. The molecule has 4 rings (SSSR count). The van der Waals surface area contributed by atoms with E-state index in [1.54, 1.807) is 6.07 Å². The maximum Gasteiger partial charge on any atom is 0.320 e. The molecule has 1 aromatic heterocycles. The van der Waals surface area contributed by atoms with Crippen LogP contribution in [0.25, 0.3) is 0 Å². The van der Waals surface area contributed by atoms with Crippen molar-refractivity contribution in [3.63, 3.8) is 0 Å². The molecule has 0 aliphatic carbocycles. The Hall–Kier alpha value is -2.26. The number of rotatable bonds is 7. The normalized spacial score (nSPS) is 21.9. The molecule has 2 N–H and O–H groups in total. The van der Waals surface area contributed by atoms with Gasteiger partial charge in [-0.25, -0.2) is 0 Å². The van der Waals surface area contributed by atoms with Crippen molar-refractivity contribution in [1.82, 2.24) is 4.98 Å². The highest BCUT2D eigenvalue weighted by molar-refractivity contribution is 8.00. The molecule has 0 saturated heterocycles. The van der Waals surface area contributed by atoms with E-state index in [0.29, 0.717) is 22.1 Å². The first-order chi connectivity index (χ1) is 14.5. The second kappa shape index (κ2) is 8.85. The van der Waals surface area contributed by atoms with E-state index in [0.717, 1.165) is 55.2 Å². The van der Waals surface area contributed by atoms with Gasteiger partial charge in [0, 0.05) is 22.4 Å². The lowest BCUT2D eigenvalue weighted by molar-refractivity contribution is -0.151. The summed E-state index contributed by atoms with van der Waals surface area (Å²) in [7, 11) is 0. The van der Waals surface area contributed by atoms with E-state index in [2.05, 4.69) is 11.9 Å². The Kier molecular flexibility index (Phi) is 6.19. The Balaban J connectivity index is 1.60. The summed E-state index contributed by atoms with van der Waals surface area (Å²) in [6.45, 7) is 2.45. The highest BCUT2D eigenvalue weighted by atomic mass is 32.2. The van der Waals surface area contributed by atoms with Gasteiger partial charge in [0.05, 0.1) is 17.6 Å². The Morgan fingerprint density at radius 2 is 2.03 bits per heavy atom. The van der Waals surface area contributed by atoms with Crippen LogP contribution in [0.1, 0.15) is 55.4 Å². The van der Waals surface area contributed by atoms with E-state index in [1.807, 2.05) is 0 Å². The Morgan fingerprint density at radius 1 is 1.23 bits per heavy atom. The number of esters is 2. The average molecular weight is 450 g/mol. The van der Waals surface area contributed by atoms with Crippen LogP contribution in [0.4, 0.5) is 0 Å². The SMILES string of the molecule is CCCCCCCOC(=O)[C@H]1Sc2[nH]c(=O)sc2[C@H]2c3ccc(O)cc3OC(=O)[C@H]21. The van der Waals surface area contributed by atoms with Crippen LogP contribution in [0.5, 0.6) is 11.5 Å². The molecule has 30 heavy (non-hydrogen) atoms. The molecule has 9 heteroatoms. The molecule has 0 bridgehead atoms. The molecule has 160 valence electrons. The second-order valence-corrected chi connectivity index (χ2v) is 9.64. The van der Waals surface area contributed by atoms with Gasteiger partial charge in [0.25, 0.3) is 0 Å². The number of aromatic nitrogens is 1. The van der Waals surface area contributed by atoms with Crippen LogP contribution < -0.4 is 9.61 Å². The summed E-state index contributed by atoms with van der Waals surface area (Å²) in [6.07, 6.45) is 5.18. The fourth-order valence-electron chi connectivity index (χ4n) is 3.95. The van der Waals surface area contributed by atoms with Crippen molar-refractivity contribution in [3.05, 3.63) is 38.3 Å². The van der Waals surface area contributed by atoms with E-state index in [1.165, 1.54) is 12.1 Å². The smallest absolute Gasteiger partial charge is 0.320 e. The maximum atomic E-state index is 12.9. The van der Waals surface area contributed by atoms with Crippen molar-refractivity contribution >= 4 is 35.0 Å². The van der Waals surface area contributed by atoms with Gasteiger partial charge in [0.1, 0.15) is 16.7 Å². The Labute approximate surface area is 181 Å². The quantitative estimate of drug-likeness (QED) is 0.376. The third-order valence-corrected chi connectivity index (χ3v) is 7.79. The van der Waals surface area contributed by atoms with Crippen LogP contribution in [0.3, 0.4) is 0 Å². The predicted octanol–water partition coefficient (Wildman–Crippen LogP) is 3.80. The fourth-order valence-corrected chi connectivity index (χ4v) is 6.41. The summed E-state index contributed by atoms with van der Waals surface area (Å²) in [5, 5.41) is 9.54. The molecule has 3 atom stereocenters. The van der Waals surface area contributed by atoms with E-state index in [4.69, 9.17) is 9.47 Å².